The van der Waals surface area contributed by atoms with E-state index in [2.05, 4.69) is 79.5 Å². The Morgan fingerprint density at radius 2 is 1.24 bits per heavy atom. The second-order valence-corrected chi connectivity index (χ2v) is 6.51. The van der Waals surface area contributed by atoms with Crippen LogP contribution in [0.4, 0.5) is 0 Å². The van der Waals surface area contributed by atoms with Crippen LogP contribution in [-0.4, -0.2) is 25.0 Å². The lowest BCUT2D eigenvalue weighted by molar-refractivity contribution is 0.173. The maximum atomic E-state index is 2.45. The molecule has 1 aliphatic heterocycles. The van der Waals surface area contributed by atoms with Gasteiger partial charge in [0.15, 0.2) is 0 Å². The molecule has 0 N–H and O–H groups in total. The van der Waals surface area contributed by atoms with Crippen LogP contribution in [0.1, 0.15) is 30.9 Å². The van der Waals surface area contributed by atoms with E-state index in [9.17, 15) is 0 Å². The van der Waals surface area contributed by atoms with Crippen molar-refractivity contribution in [3.63, 3.8) is 0 Å². The van der Waals surface area contributed by atoms with Gasteiger partial charge in [0.1, 0.15) is 0 Å². The number of nitrogens with zero attached hydrogens (tertiary/aromatic N) is 1. The molecule has 1 saturated heterocycles. The summed E-state index contributed by atoms with van der Waals surface area (Å²) in [5.41, 5.74) is 3.01. The molecule has 110 valence electrons. The Morgan fingerprint density at radius 3 is 1.67 bits per heavy atom. The van der Waals surface area contributed by atoms with Gasteiger partial charge in [-0.3, -0.25) is 0 Å². The third-order valence-electron chi connectivity index (χ3n) is 5.28. The summed E-state index contributed by atoms with van der Waals surface area (Å²) in [5.74, 6) is 0.707. The van der Waals surface area contributed by atoms with E-state index >= 15 is 0 Å². The maximum absolute atomic E-state index is 2.45. The van der Waals surface area contributed by atoms with Gasteiger partial charge >= 0.3 is 0 Å². The van der Waals surface area contributed by atoms with Crippen molar-refractivity contribution in [3.8, 4) is 0 Å². The molecule has 0 atom stereocenters. The van der Waals surface area contributed by atoms with Crippen LogP contribution in [0.2, 0.25) is 0 Å². The van der Waals surface area contributed by atoms with Gasteiger partial charge in [0, 0.05) is 5.41 Å². The lowest BCUT2D eigenvalue weighted by atomic mass is 9.64. The van der Waals surface area contributed by atoms with Crippen LogP contribution in [0.3, 0.4) is 0 Å². The molecule has 21 heavy (non-hydrogen) atoms. The fourth-order valence-electron chi connectivity index (χ4n) is 3.79. The largest absolute Gasteiger partial charge is 0.306 e. The average molecular weight is 279 g/mol. The van der Waals surface area contributed by atoms with Gasteiger partial charge in [0.2, 0.25) is 0 Å². The van der Waals surface area contributed by atoms with Gasteiger partial charge < -0.3 is 4.90 Å². The van der Waals surface area contributed by atoms with Crippen LogP contribution >= 0.6 is 0 Å². The number of benzene rings is 2. The minimum Gasteiger partial charge on any atom is -0.306 e. The van der Waals surface area contributed by atoms with Gasteiger partial charge in [-0.2, -0.15) is 0 Å². The van der Waals surface area contributed by atoms with Gasteiger partial charge in [0.05, 0.1) is 0 Å². The molecule has 2 aromatic carbocycles. The number of piperidine rings is 1. The Hall–Kier alpha value is -1.60. The molecule has 1 fully saturated rings. The molecule has 1 nitrogen and oxygen atoms in total. The molecule has 0 radical (unpaired) electrons. The van der Waals surface area contributed by atoms with E-state index in [-0.39, 0.29) is 5.41 Å². The molecule has 1 heterocycles. The number of hydrogen-bond acceptors (Lipinski definition) is 1. The second kappa shape index (κ2) is 6.03. The zero-order valence-corrected chi connectivity index (χ0v) is 13.1. The summed E-state index contributed by atoms with van der Waals surface area (Å²) in [7, 11) is 2.23. The van der Waals surface area contributed by atoms with Crippen molar-refractivity contribution < 1.29 is 0 Å². The van der Waals surface area contributed by atoms with Crippen LogP contribution in [0.25, 0.3) is 0 Å². The van der Waals surface area contributed by atoms with Gasteiger partial charge in [-0.25, -0.2) is 0 Å². The molecule has 2 aromatic rings. The number of likely N-dealkylation sites (tertiary alicyclic amines) is 1. The quantitative estimate of drug-likeness (QED) is 0.808. The summed E-state index contributed by atoms with van der Waals surface area (Å²) in [6, 6.07) is 22.1. The first-order valence-corrected chi connectivity index (χ1v) is 8.01. The van der Waals surface area contributed by atoms with Crippen LogP contribution < -0.4 is 0 Å². The first-order valence-electron chi connectivity index (χ1n) is 8.01. The Labute approximate surface area is 128 Å². The first kappa shape index (κ1) is 14.3. The zero-order chi connectivity index (χ0) is 14.7. The lowest BCUT2D eigenvalue weighted by Gasteiger charge is -2.43. The standard InChI is InChI=1S/C20H25N/c1-20(17-9-5-3-6-10-17,18-11-7-4-8-12-18)19-13-15-21(2)16-14-19/h3-12,19H,13-16H2,1-2H3. The summed E-state index contributed by atoms with van der Waals surface area (Å²) in [6.45, 7) is 4.85. The second-order valence-electron chi connectivity index (χ2n) is 6.51. The van der Waals surface area contributed by atoms with Crippen LogP contribution in [0.15, 0.2) is 60.7 Å². The zero-order valence-electron chi connectivity index (χ0n) is 13.1. The summed E-state index contributed by atoms with van der Waals surface area (Å²) in [6.07, 6.45) is 2.55. The van der Waals surface area contributed by atoms with E-state index in [0.29, 0.717) is 5.92 Å². The molecule has 1 heteroatoms. The number of rotatable bonds is 3. The molecule has 0 unspecified atom stereocenters. The highest BCUT2D eigenvalue weighted by atomic mass is 15.1. The van der Waals surface area contributed by atoms with E-state index in [1.807, 2.05) is 0 Å². The predicted octanol–water partition coefficient (Wildman–Crippen LogP) is 4.33. The fraction of sp³-hybridized carbons (Fsp3) is 0.400. The van der Waals surface area contributed by atoms with Crippen LogP contribution in [-0.2, 0) is 5.41 Å². The van der Waals surface area contributed by atoms with Crippen molar-refractivity contribution in [3.05, 3.63) is 71.8 Å². The normalized spacial score (nSPS) is 17.8. The average Bonchev–Trinajstić information content (AvgIpc) is 2.56. The summed E-state index contributed by atoms with van der Waals surface area (Å²) in [4.78, 5) is 2.45. The molecule has 0 amide bonds. The first-order chi connectivity index (χ1) is 10.2. The predicted molar refractivity (Wildman–Crippen MR) is 89.6 cm³/mol. The Bertz CT molecular complexity index is 513. The maximum Gasteiger partial charge on any atom is 0.0203 e. The minimum absolute atomic E-state index is 0.115. The molecule has 0 aromatic heterocycles. The van der Waals surface area contributed by atoms with Gasteiger partial charge in [-0.15, -0.1) is 0 Å². The van der Waals surface area contributed by atoms with E-state index in [4.69, 9.17) is 0 Å². The highest BCUT2D eigenvalue weighted by Crippen LogP contribution is 2.43. The van der Waals surface area contributed by atoms with Gasteiger partial charge in [0.25, 0.3) is 0 Å². The smallest absolute Gasteiger partial charge is 0.0203 e. The fourth-order valence-corrected chi connectivity index (χ4v) is 3.79. The molecule has 0 bridgehead atoms. The monoisotopic (exact) mass is 279 g/mol. The van der Waals surface area contributed by atoms with E-state index in [1.54, 1.807) is 0 Å². The van der Waals surface area contributed by atoms with Crippen molar-refractivity contribution in [2.45, 2.75) is 25.2 Å². The summed E-state index contributed by atoms with van der Waals surface area (Å²) < 4.78 is 0. The van der Waals surface area contributed by atoms with Crippen molar-refractivity contribution in [2.75, 3.05) is 20.1 Å². The minimum atomic E-state index is 0.115. The van der Waals surface area contributed by atoms with Crippen LogP contribution in [0.5, 0.6) is 0 Å². The topological polar surface area (TPSA) is 3.24 Å². The van der Waals surface area contributed by atoms with E-state index < -0.39 is 0 Å². The van der Waals surface area contributed by atoms with E-state index in [0.717, 1.165) is 0 Å². The van der Waals surface area contributed by atoms with Gasteiger partial charge in [-0.05, 0) is 50.0 Å². The molecular formula is C20H25N. The summed E-state index contributed by atoms with van der Waals surface area (Å²) in [5, 5.41) is 0. The molecule has 3 rings (SSSR count). The Morgan fingerprint density at radius 1 is 0.810 bits per heavy atom. The van der Waals surface area contributed by atoms with Crippen molar-refractivity contribution >= 4 is 0 Å². The lowest BCUT2D eigenvalue weighted by Crippen LogP contribution is -2.41. The molecular weight excluding hydrogens is 254 g/mol. The van der Waals surface area contributed by atoms with Crippen molar-refractivity contribution in [1.29, 1.82) is 0 Å². The Kier molecular flexibility index (Phi) is 4.12. The molecule has 1 aliphatic rings. The summed E-state index contributed by atoms with van der Waals surface area (Å²) >= 11 is 0. The molecule has 0 spiro atoms. The molecule has 0 saturated carbocycles. The third kappa shape index (κ3) is 2.75. The SMILES string of the molecule is CN1CCC(C(C)(c2ccccc2)c2ccccc2)CC1. The van der Waals surface area contributed by atoms with Crippen molar-refractivity contribution in [1.82, 2.24) is 4.90 Å². The van der Waals surface area contributed by atoms with Crippen LogP contribution in [0, 0.1) is 5.92 Å². The number of hydrogen-bond donors (Lipinski definition) is 0. The van der Waals surface area contributed by atoms with E-state index in [1.165, 1.54) is 37.1 Å². The Balaban J connectivity index is 2.03. The highest BCUT2D eigenvalue weighted by molar-refractivity contribution is 5.39. The third-order valence-corrected chi connectivity index (χ3v) is 5.28. The highest BCUT2D eigenvalue weighted by Gasteiger charge is 2.38. The van der Waals surface area contributed by atoms with Gasteiger partial charge in [-0.1, -0.05) is 67.6 Å². The van der Waals surface area contributed by atoms with Crippen molar-refractivity contribution in [2.24, 2.45) is 5.92 Å². The molecule has 0 aliphatic carbocycles.